The van der Waals surface area contributed by atoms with Crippen LogP contribution in [0.15, 0.2) is 41.4 Å². The predicted octanol–water partition coefficient (Wildman–Crippen LogP) is 4.48. The zero-order valence-electron chi connectivity index (χ0n) is 21.0. The Morgan fingerprint density at radius 2 is 1.94 bits per heavy atom. The lowest BCUT2D eigenvalue weighted by Gasteiger charge is -2.14. The highest BCUT2D eigenvalue weighted by atomic mass is 19.1. The normalized spacial score (nSPS) is 11.6. The summed E-state index contributed by atoms with van der Waals surface area (Å²) in [6.45, 7) is 6.90. The molecule has 0 aliphatic rings. The van der Waals surface area contributed by atoms with Crippen molar-refractivity contribution in [3.63, 3.8) is 0 Å². The van der Waals surface area contributed by atoms with E-state index in [1.54, 1.807) is 13.2 Å². The largest absolute Gasteiger partial charge is 0.496 e. The molecule has 0 bridgehead atoms. The molecule has 186 valence electrons. The predicted molar refractivity (Wildman–Crippen MR) is 137 cm³/mol. The van der Waals surface area contributed by atoms with Crippen molar-refractivity contribution in [2.24, 2.45) is 10.7 Å². The Bertz CT molecular complexity index is 962. The maximum atomic E-state index is 14.7. The third-order valence-electron chi connectivity index (χ3n) is 5.77. The molecule has 2 aromatic rings. The van der Waals surface area contributed by atoms with Gasteiger partial charge in [-0.2, -0.15) is 0 Å². The lowest BCUT2D eigenvalue weighted by molar-refractivity contribution is 0.0975. The van der Waals surface area contributed by atoms with Crippen LogP contribution in [-0.4, -0.2) is 50.6 Å². The van der Waals surface area contributed by atoms with Crippen molar-refractivity contribution in [2.45, 2.75) is 52.4 Å². The average molecular weight is 471 g/mol. The second-order valence-corrected chi connectivity index (χ2v) is 8.67. The SMILES string of the molecule is CCCN(C)CCCCCN=C(N)NC(=O)c1cccc(F)c1CCc1cc(C)ccc1OC. The molecular weight excluding hydrogens is 431 g/mol. The van der Waals surface area contributed by atoms with Crippen LogP contribution in [0.3, 0.4) is 0 Å². The first-order valence-electron chi connectivity index (χ1n) is 12.1. The van der Waals surface area contributed by atoms with Gasteiger partial charge in [0.2, 0.25) is 0 Å². The van der Waals surface area contributed by atoms with Gasteiger partial charge >= 0.3 is 0 Å². The minimum absolute atomic E-state index is 0.0589. The molecule has 0 aliphatic carbocycles. The van der Waals surface area contributed by atoms with E-state index in [2.05, 4.69) is 29.2 Å². The summed E-state index contributed by atoms with van der Waals surface area (Å²) in [4.78, 5) is 19.4. The maximum Gasteiger partial charge on any atom is 0.258 e. The number of aryl methyl sites for hydroxylation is 2. The van der Waals surface area contributed by atoms with Gasteiger partial charge in [0, 0.05) is 17.7 Å². The molecule has 7 heteroatoms. The van der Waals surface area contributed by atoms with Crippen LogP contribution >= 0.6 is 0 Å². The molecule has 34 heavy (non-hydrogen) atoms. The van der Waals surface area contributed by atoms with E-state index in [1.165, 1.54) is 12.1 Å². The highest BCUT2D eigenvalue weighted by Crippen LogP contribution is 2.23. The Hall–Kier alpha value is -2.93. The van der Waals surface area contributed by atoms with E-state index in [0.717, 1.165) is 55.6 Å². The van der Waals surface area contributed by atoms with Crippen LogP contribution in [-0.2, 0) is 12.8 Å². The number of amides is 1. The smallest absolute Gasteiger partial charge is 0.258 e. The molecule has 0 atom stereocenters. The fraction of sp³-hybridized carbons (Fsp3) is 0.481. The van der Waals surface area contributed by atoms with Crippen molar-refractivity contribution >= 4 is 11.9 Å². The fourth-order valence-electron chi connectivity index (χ4n) is 3.97. The van der Waals surface area contributed by atoms with Gasteiger partial charge in [-0.3, -0.25) is 15.1 Å². The lowest BCUT2D eigenvalue weighted by Crippen LogP contribution is -2.37. The van der Waals surface area contributed by atoms with Gasteiger partial charge < -0.3 is 15.4 Å². The quantitative estimate of drug-likeness (QED) is 0.257. The van der Waals surface area contributed by atoms with Gasteiger partial charge in [-0.1, -0.05) is 37.1 Å². The number of carbonyl (C=O) groups excluding carboxylic acids is 1. The second-order valence-electron chi connectivity index (χ2n) is 8.67. The Kier molecular flexibility index (Phi) is 11.5. The molecule has 0 heterocycles. The third kappa shape index (κ3) is 8.78. The van der Waals surface area contributed by atoms with Crippen molar-refractivity contribution < 1.29 is 13.9 Å². The number of aliphatic imine (C=N–C) groups is 1. The van der Waals surface area contributed by atoms with E-state index in [1.807, 2.05) is 25.1 Å². The number of nitrogens with two attached hydrogens (primary N) is 1. The molecule has 1 amide bonds. The van der Waals surface area contributed by atoms with Crippen LogP contribution in [0.1, 0.15) is 59.7 Å². The van der Waals surface area contributed by atoms with Crippen molar-refractivity contribution in [3.8, 4) is 5.75 Å². The molecule has 6 nitrogen and oxygen atoms in total. The molecule has 0 saturated carbocycles. The molecule has 0 aromatic heterocycles. The Labute approximate surface area is 203 Å². The topological polar surface area (TPSA) is 80.0 Å². The third-order valence-corrected chi connectivity index (χ3v) is 5.77. The molecule has 0 radical (unpaired) electrons. The number of hydrogen-bond donors (Lipinski definition) is 2. The summed E-state index contributed by atoms with van der Waals surface area (Å²) in [5.74, 6) is -0.0547. The molecule has 2 rings (SSSR count). The van der Waals surface area contributed by atoms with Gasteiger partial charge in [-0.05, 0) is 82.9 Å². The van der Waals surface area contributed by atoms with Crippen LogP contribution in [0.4, 0.5) is 4.39 Å². The fourth-order valence-corrected chi connectivity index (χ4v) is 3.97. The Balaban J connectivity index is 1.94. The van der Waals surface area contributed by atoms with Gasteiger partial charge in [-0.25, -0.2) is 4.39 Å². The number of nitrogens with zero attached hydrogens (tertiary/aromatic N) is 2. The summed E-state index contributed by atoms with van der Waals surface area (Å²) in [6, 6.07) is 10.4. The van der Waals surface area contributed by atoms with Gasteiger partial charge in [0.1, 0.15) is 11.6 Å². The monoisotopic (exact) mass is 470 g/mol. The Morgan fingerprint density at radius 1 is 1.15 bits per heavy atom. The number of unbranched alkanes of at least 4 members (excludes halogenated alkanes) is 2. The minimum Gasteiger partial charge on any atom is -0.496 e. The standard InChI is InChI=1S/C27H39FN4O2/c1-5-17-32(3)18-8-6-7-16-30-27(29)31-26(33)23-10-9-11-24(28)22(23)14-13-21-19-20(2)12-15-25(21)34-4/h9-12,15,19H,5-8,13-14,16-18H2,1-4H3,(H3,29,30,31,33). The first-order chi connectivity index (χ1) is 16.3. The zero-order chi connectivity index (χ0) is 24.9. The van der Waals surface area contributed by atoms with Crippen molar-refractivity contribution in [3.05, 3.63) is 64.5 Å². The highest BCUT2D eigenvalue weighted by Gasteiger charge is 2.17. The summed E-state index contributed by atoms with van der Waals surface area (Å²) in [7, 11) is 3.75. The first-order valence-corrected chi connectivity index (χ1v) is 12.1. The molecule has 0 aliphatic heterocycles. The van der Waals surface area contributed by atoms with Gasteiger partial charge in [0.05, 0.1) is 7.11 Å². The molecule has 0 unspecified atom stereocenters. The number of hydrogen-bond acceptors (Lipinski definition) is 4. The van der Waals surface area contributed by atoms with Crippen LogP contribution in [0, 0.1) is 12.7 Å². The van der Waals surface area contributed by atoms with Crippen LogP contribution in [0.25, 0.3) is 0 Å². The van der Waals surface area contributed by atoms with Gasteiger partial charge in [0.25, 0.3) is 5.91 Å². The number of ether oxygens (including phenoxy) is 1. The first kappa shape index (κ1) is 27.3. The molecule has 0 fully saturated rings. The lowest BCUT2D eigenvalue weighted by atomic mass is 9.97. The van der Waals surface area contributed by atoms with E-state index in [-0.39, 0.29) is 11.5 Å². The average Bonchev–Trinajstić information content (AvgIpc) is 2.80. The van der Waals surface area contributed by atoms with E-state index in [9.17, 15) is 9.18 Å². The van der Waals surface area contributed by atoms with Crippen LogP contribution in [0.2, 0.25) is 0 Å². The number of carbonyl (C=O) groups is 1. The molecule has 0 saturated heterocycles. The van der Waals surface area contributed by atoms with Gasteiger partial charge in [-0.15, -0.1) is 0 Å². The van der Waals surface area contributed by atoms with E-state index < -0.39 is 11.7 Å². The molecule has 3 N–H and O–H groups in total. The summed E-state index contributed by atoms with van der Waals surface area (Å²) in [5.41, 5.74) is 8.61. The highest BCUT2D eigenvalue weighted by molar-refractivity contribution is 6.06. The van der Waals surface area contributed by atoms with E-state index in [0.29, 0.717) is 24.9 Å². The van der Waals surface area contributed by atoms with Crippen molar-refractivity contribution in [2.75, 3.05) is 33.8 Å². The zero-order valence-corrected chi connectivity index (χ0v) is 21.0. The maximum absolute atomic E-state index is 14.7. The summed E-state index contributed by atoms with van der Waals surface area (Å²) in [5, 5.41) is 2.61. The second kappa shape index (κ2) is 14.4. The molecular formula is C27H39FN4O2. The molecule has 2 aromatic carbocycles. The van der Waals surface area contributed by atoms with Crippen LogP contribution in [0.5, 0.6) is 5.75 Å². The minimum atomic E-state index is -0.451. The van der Waals surface area contributed by atoms with Gasteiger partial charge in [0.15, 0.2) is 5.96 Å². The van der Waals surface area contributed by atoms with Crippen LogP contribution < -0.4 is 15.8 Å². The van der Waals surface area contributed by atoms with Crippen molar-refractivity contribution in [1.82, 2.24) is 10.2 Å². The van der Waals surface area contributed by atoms with E-state index in [4.69, 9.17) is 10.5 Å². The summed E-state index contributed by atoms with van der Waals surface area (Å²) >= 11 is 0. The number of methoxy groups -OCH3 is 1. The Morgan fingerprint density at radius 3 is 2.68 bits per heavy atom. The number of guanidine groups is 1. The number of rotatable bonds is 13. The number of nitrogens with one attached hydrogen (secondary N) is 1. The van der Waals surface area contributed by atoms with E-state index >= 15 is 0 Å². The number of halogens is 1. The number of benzene rings is 2. The molecule has 0 spiro atoms. The summed E-state index contributed by atoms with van der Waals surface area (Å²) in [6.07, 6.45) is 5.12. The van der Waals surface area contributed by atoms with Crippen molar-refractivity contribution in [1.29, 1.82) is 0 Å². The summed E-state index contributed by atoms with van der Waals surface area (Å²) < 4.78 is 20.1.